The molecule has 5 nitrogen and oxygen atoms in total. The lowest BCUT2D eigenvalue weighted by atomic mass is 10.1. The average molecular weight is 278 g/mol. The summed E-state index contributed by atoms with van der Waals surface area (Å²) < 4.78 is 0. The van der Waals surface area contributed by atoms with Gasteiger partial charge in [0.1, 0.15) is 6.04 Å². The quantitative estimate of drug-likeness (QED) is 0.563. The molecule has 4 N–H and O–H groups in total. The van der Waals surface area contributed by atoms with Crippen LogP contribution < -0.4 is 11.1 Å². The zero-order chi connectivity index (χ0) is 14.8. The minimum absolute atomic E-state index is 0.0913. The van der Waals surface area contributed by atoms with Crippen molar-refractivity contribution in [2.24, 2.45) is 5.73 Å². The summed E-state index contributed by atoms with van der Waals surface area (Å²) in [7, 11) is 0. The molecule has 0 radical (unpaired) electrons. The Bertz CT molecular complexity index is 420. The molecule has 0 aliphatic carbocycles. The van der Waals surface area contributed by atoms with E-state index in [-0.39, 0.29) is 12.8 Å². The van der Waals surface area contributed by atoms with Crippen LogP contribution in [-0.4, -0.2) is 29.6 Å². The van der Waals surface area contributed by atoms with Gasteiger partial charge >= 0.3 is 5.97 Å². The van der Waals surface area contributed by atoms with E-state index in [2.05, 4.69) is 17.4 Å². The van der Waals surface area contributed by atoms with Crippen molar-refractivity contribution in [1.29, 1.82) is 0 Å². The first-order valence-corrected chi connectivity index (χ1v) is 6.88. The van der Waals surface area contributed by atoms with E-state index in [0.717, 1.165) is 19.3 Å². The Morgan fingerprint density at radius 1 is 1.20 bits per heavy atom. The summed E-state index contributed by atoms with van der Waals surface area (Å²) in [4.78, 5) is 21.6. The molecule has 1 rings (SSSR count). The highest BCUT2D eigenvalue weighted by Gasteiger charge is 2.16. The normalized spacial score (nSPS) is 12.0. The Morgan fingerprint density at radius 2 is 1.90 bits per heavy atom. The molecule has 0 saturated heterocycles. The molecule has 0 aliphatic rings. The Balaban J connectivity index is 2.17. The molecule has 1 amide bonds. The number of rotatable bonds is 10. The molecule has 5 heteroatoms. The maximum Gasteiger partial charge on any atom is 0.320 e. The third-order valence-electron chi connectivity index (χ3n) is 3.10. The van der Waals surface area contributed by atoms with E-state index in [1.807, 2.05) is 18.2 Å². The van der Waals surface area contributed by atoms with Crippen LogP contribution in [0.4, 0.5) is 0 Å². The SMILES string of the molecule is NC(=O)CC[C@H](NCCCCc1ccccc1)C(=O)O. The third kappa shape index (κ3) is 6.89. The molecule has 0 unspecified atom stereocenters. The highest BCUT2D eigenvalue weighted by molar-refractivity contribution is 5.77. The van der Waals surface area contributed by atoms with Crippen molar-refractivity contribution < 1.29 is 14.7 Å². The van der Waals surface area contributed by atoms with E-state index in [0.29, 0.717) is 6.54 Å². The van der Waals surface area contributed by atoms with Crippen molar-refractivity contribution in [3.05, 3.63) is 35.9 Å². The van der Waals surface area contributed by atoms with Crippen LogP contribution in [0.1, 0.15) is 31.2 Å². The topological polar surface area (TPSA) is 92.4 Å². The zero-order valence-electron chi connectivity index (χ0n) is 11.5. The molecular formula is C15H22N2O3. The Labute approximate surface area is 119 Å². The molecule has 20 heavy (non-hydrogen) atoms. The van der Waals surface area contributed by atoms with E-state index in [1.54, 1.807) is 0 Å². The number of primary amides is 1. The second-order valence-electron chi connectivity index (χ2n) is 4.79. The second-order valence-corrected chi connectivity index (χ2v) is 4.79. The van der Waals surface area contributed by atoms with Crippen LogP contribution in [0.25, 0.3) is 0 Å². The predicted molar refractivity (Wildman–Crippen MR) is 77.2 cm³/mol. The van der Waals surface area contributed by atoms with E-state index < -0.39 is 17.9 Å². The molecule has 0 saturated carbocycles. The summed E-state index contributed by atoms with van der Waals surface area (Å²) in [6.45, 7) is 0.628. The smallest absolute Gasteiger partial charge is 0.320 e. The summed E-state index contributed by atoms with van der Waals surface area (Å²) in [6, 6.07) is 9.48. The standard InChI is InChI=1S/C15H22N2O3/c16-14(18)10-9-13(15(19)20)17-11-5-4-8-12-6-2-1-3-7-12/h1-3,6-7,13,17H,4-5,8-11H2,(H2,16,18)(H,19,20)/t13-/m0/s1. The molecule has 110 valence electrons. The van der Waals surface area contributed by atoms with Crippen LogP contribution in [-0.2, 0) is 16.0 Å². The van der Waals surface area contributed by atoms with E-state index in [9.17, 15) is 9.59 Å². The van der Waals surface area contributed by atoms with Crippen molar-refractivity contribution in [1.82, 2.24) is 5.32 Å². The summed E-state index contributed by atoms with van der Waals surface area (Å²) in [5.74, 6) is -1.41. The van der Waals surface area contributed by atoms with Crippen LogP contribution in [0, 0.1) is 0 Å². The number of aliphatic carboxylic acids is 1. The summed E-state index contributed by atoms with van der Waals surface area (Å²) in [5, 5.41) is 12.0. The molecule has 0 bridgehead atoms. The van der Waals surface area contributed by atoms with Gasteiger partial charge in [0.15, 0.2) is 0 Å². The number of hydrogen-bond donors (Lipinski definition) is 3. The lowest BCUT2D eigenvalue weighted by molar-refractivity contribution is -0.139. The Morgan fingerprint density at radius 3 is 2.50 bits per heavy atom. The van der Waals surface area contributed by atoms with Gasteiger partial charge in [0.25, 0.3) is 0 Å². The first kappa shape index (κ1) is 16.2. The molecule has 0 fully saturated rings. The van der Waals surface area contributed by atoms with Crippen molar-refractivity contribution in [2.45, 2.75) is 38.1 Å². The van der Waals surface area contributed by atoms with Crippen molar-refractivity contribution in [3.8, 4) is 0 Å². The largest absolute Gasteiger partial charge is 0.480 e. The highest BCUT2D eigenvalue weighted by atomic mass is 16.4. The lowest BCUT2D eigenvalue weighted by Gasteiger charge is -2.13. The fourth-order valence-corrected chi connectivity index (χ4v) is 1.97. The number of unbranched alkanes of at least 4 members (excludes halogenated alkanes) is 1. The van der Waals surface area contributed by atoms with Gasteiger partial charge in [-0.3, -0.25) is 9.59 Å². The first-order chi connectivity index (χ1) is 9.59. The first-order valence-electron chi connectivity index (χ1n) is 6.88. The van der Waals surface area contributed by atoms with Gasteiger partial charge in [-0.25, -0.2) is 0 Å². The average Bonchev–Trinajstić information content (AvgIpc) is 2.42. The van der Waals surface area contributed by atoms with Crippen LogP contribution in [0.2, 0.25) is 0 Å². The monoisotopic (exact) mass is 278 g/mol. The van der Waals surface area contributed by atoms with Gasteiger partial charge in [0.05, 0.1) is 0 Å². The Kier molecular flexibility index (Phi) is 7.35. The van der Waals surface area contributed by atoms with Gasteiger partial charge in [-0.1, -0.05) is 30.3 Å². The van der Waals surface area contributed by atoms with Crippen molar-refractivity contribution >= 4 is 11.9 Å². The van der Waals surface area contributed by atoms with E-state index >= 15 is 0 Å². The zero-order valence-corrected chi connectivity index (χ0v) is 11.5. The number of nitrogens with two attached hydrogens (primary N) is 1. The number of amides is 1. The lowest BCUT2D eigenvalue weighted by Crippen LogP contribution is -2.38. The second kappa shape index (κ2) is 9.09. The van der Waals surface area contributed by atoms with E-state index in [4.69, 9.17) is 10.8 Å². The number of nitrogens with one attached hydrogen (secondary N) is 1. The van der Waals surface area contributed by atoms with Gasteiger partial charge in [-0.2, -0.15) is 0 Å². The summed E-state index contributed by atoms with van der Waals surface area (Å²) in [5.41, 5.74) is 6.31. The fraction of sp³-hybridized carbons (Fsp3) is 0.467. The molecule has 1 atom stereocenters. The summed E-state index contributed by atoms with van der Waals surface area (Å²) in [6.07, 6.45) is 3.22. The van der Waals surface area contributed by atoms with Gasteiger partial charge in [-0.05, 0) is 37.8 Å². The molecule has 0 aromatic heterocycles. The Hall–Kier alpha value is -1.88. The number of carbonyl (C=O) groups is 2. The van der Waals surface area contributed by atoms with Crippen LogP contribution >= 0.6 is 0 Å². The maximum absolute atomic E-state index is 11.0. The number of carbonyl (C=O) groups excluding carboxylic acids is 1. The van der Waals surface area contributed by atoms with Crippen molar-refractivity contribution in [3.63, 3.8) is 0 Å². The third-order valence-corrected chi connectivity index (χ3v) is 3.10. The fourth-order valence-electron chi connectivity index (χ4n) is 1.97. The molecular weight excluding hydrogens is 256 g/mol. The molecule has 0 spiro atoms. The molecule has 0 aliphatic heterocycles. The van der Waals surface area contributed by atoms with Crippen LogP contribution in [0.3, 0.4) is 0 Å². The molecule has 1 aromatic carbocycles. The number of carboxylic acids is 1. The van der Waals surface area contributed by atoms with E-state index in [1.165, 1.54) is 5.56 Å². The van der Waals surface area contributed by atoms with Gasteiger partial charge in [-0.15, -0.1) is 0 Å². The van der Waals surface area contributed by atoms with Gasteiger partial charge < -0.3 is 16.2 Å². The minimum atomic E-state index is -0.936. The number of carboxylic acid groups (broad SMARTS) is 1. The summed E-state index contributed by atoms with van der Waals surface area (Å²) >= 11 is 0. The maximum atomic E-state index is 11.0. The van der Waals surface area contributed by atoms with Crippen LogP contribution in [0.5, 0.6) is 0 Å². The van der Waals surface area contributed by atoms with Crippen LogP contribution in [0.15, 0.2) is 30.3 Å². The minimum Gasteiger partial charge on any atom is -0.480 e. The van der Waals surface area contributed by atoms with Gasteiger partial charge in [0.2, 0.25) is 5.91 Å². The van der Waals surface area contributed by atoms with Crippen molar-refractivity contribution in [2.75, 3.05) is 6.54 Å². The highest BCUT2D eigenvalue weighted by Crippen LogP contribution is 2.04. The molecule has 1 aromatic rings. The number of hydrogen-bond acceptors (Lipinski definition) is 3. The number of benzene rings is 1. The molecule has 0 heterocycles. The number of aryl methyl sites for hydroxylation is 1. The van der Waals surface area contributed by atoms with Gasteiger partial charge in [0, 0.05) is 6.42 Å². The predicted octanol–water partition coefficient (Wildman–Crippen LogP) is 1.32.